The second-order valence-corrected chi connectivity index (χ2v) is 6.73. The summed E-state index contributed by atoms with van der Waals surface area (Å²) in [6.45, 7) is 3.03. The van der Waals surface area contributed by atoms with Crippen molar-refractivity contribution in [3.63, 3.8) is 0 Å². The molecule has 4 N–H and O–H groups in total. The van der Waals surface area contributed by atoms with E-state index in [0.717, 1.165) is 4.57 Å². The van der Waals surface area contributed by atoms with Crippen molar-refractivity contribution in [3.8, 4) is 0 Å². The maximum absolute atomic E-state index is 12.4. The van der Waals surface area contributed by atoms with Crippen molar-refractivity contribution < 1.29 is 19.4 Å². The number of aromatic nitrogens is 3. The second-order valence-electron chi connectivity index (χ2n) is 5.77. The Hall–Kier alpha value is -2.24. The standard InChI is InChI=1S/C14H18N4O6S/c1-3-6(20)7-4-8(23-5(2)19)12(24-7)18-10-9(25-14(18)22)11(21)17-13(15)16-10/h6-8,12,20H,3-4H2,1-2H3,(H3,15,16,17,21)/t6-,7?,8+,12+/m0/s1. The lowest BCUT2D eigenvalue weighted by molar-refractivity contribution is -0.152. The summed E-state index contributed by atoms with van der Waals surface area (Å²) < 4.78 is 12.3. The van der Waals surface area contributed by atoms with E-state index in [9.17, 15) is 19.5 Å². The van der Waals surface area contributed by atoms with E-state index in [4.69, 9.17) is 15.2 Å². The van der Waals surface area contributed by atoms with Gasteiger partial charge in [-0.1, -0.05) is 18.3 Å². The predicted molar refractivity (Wildman–Crippen MR) is 89.3 cm³/mol. The van der Waals surface area contributed by atoms with Crippen LogP contribution in [0.2, 0.25) is 0 Å². The number of aliphatic hydroxyl groups is 1. The Morgan fingerprint density at radius 2 is 2.32 bits per heavy atom. The van der Waals surface area contributed by atoms with Crippen LogP contribution < -0.4 is 16.2 Å². The van der Waals surface area contributed by atoms with E-state index in [2.05, 4.69) is 9.97 Å². The van der Waals surface area contributed by atoms with Gasteiger partial charge in [-0.3, -0.25) is 23.9 Å². The fourth-order valence-corrected chi connectivity index (χ4v) is 3.74. The lowest BCUT2D eigenvalue weighted by Gasteiger charge is -2.20. The number of esters is 1. The molecule has 0 aromatic carbocycles. The van der Waals surface area contributed by atoms with Crippen molar-refractivity contribution in [2.75, 3.05) is 5.73 Å². The van der Waals surface area contributed by atoms with E-state index < -0.39 is 40.9 Å². The SMILES string of the molecule is CC[C@H](O)C1C[C@@H](OC(C)=O)[C@H](n2c(=O)sc3c(=O)[nH]c(N)nc32)O1. The van der Waals surface area contributed by atoms with Gasteiger partial charge in [0.1, 0.15) is 10.8 Å². The third kappa shape index (κ3) is 3.17. The van der Waals surface area contributed by atoms with Crippen molar-refractivity contribution in [3.05, 3.63) is 20.0 Å². The molecule has 3 rings (SSSR count). The number of fused-ring (bicyclic) bond motifs is 1. The largest absolute Gasteiger partial charge is 0.458 e. The van der Waals surface area contributed by atoms with Crippen molar-refractivity contribution in [1.82, 2.24) is 14.5 Å². The molecular formula is C14H18N4O6S. The highest BCUT2D eigenvalue weighted by Crippen LogP contribution is 2.34. The molecule has 0 amide bonds. The summed E-state index contributed by atoms with van der Waals surface area (Å²) in [5.41, 5.74) is 5.10. The number of carbonyl (C=O) groups excluding carboxylic acids is 1. The minimum Gasteiger partial charge on any atom is -0.458 e. The number of nitrogens with one attached hydrogen (secondary N) is 1. The van der Waals surface area contributed by atoms with Crippen LogP contribution >= 0.6 is 11.3 Å². The molecule has 1 aliphatic rings. The van der Waals surface area contributed by atoms with Gasteiger partial charge in [-0.05, 0) is 6.42 Å². The minimum atomic E-state index is -0.995. The van der Waals surface area contributed by atoms with Gasteiger partial charge in [0.15, 0.2) is 11.9 Å². The molecule has 0 radical (unpaired) electrons. The molecule has 0 saturated carbocycles. The Bertz CT molecular complexity index is 918. The van der Waals surface area contributed by atoms with Gasteiger partial charge >= 0.3 is 10.8 Å². The summed E-state index contributed by atoms with van der Waals surface area (Å²) in [4.78, 5) is 41.7. The third-order valence-corrected chi connectivity index (χ3v) is 4.95. The van der Waals surface area contributed by atoms with E-state index >= 15 is 0 Å². The van der Waals surface area contributed by atoms with Crippen LogP contribution in [0.25, 0.3) is 10.3 Å². The Morgan fingerprint density at radius 3 is 2.96 bits per heavy atom. The highest BCUT2D eigenvalue weighted by atomic mass is 32.1. The number of thiazole rings is 1. The highest BCUT2D eigenvalue weighted by molar-refractivity contribution is 7.16. The Kier molecular flexibility index (Phi) is 4.62. The van der Waals surface area contributed by atoms with E-state index in [-0.39, 0.29) is 22.7 Å². The zero-order valence-electron chi connectivity index (χ0n) is 13.6. The molecule has 0 bridgehead atoms. The number of ether oxygens (including phenoxy) is 2. The van der Waals surface area contributed by atoms with Crippen LogP contribution in [-0.2, 0) is 14.3 Å². The fourth-order valence-electron chi connectivity index (χ4n) is 2.90. The Morgan fingerprint density at radius 1 is 1.60 bits per heavy atom. The van der Waals surface area contributed by atoms with Crippen LogP contribution in [0.1, 0.15) is 32.9 Å². The molecular weight excluding hydrogens is 352 g/mol. The maximum atomic E-state index is 12.4. The summed E-state index contributed by atoms with van der Waals surface area (Å²) in [6.07, 6.45) is -2.51. The summed E-state index contributed by atoms with van der Waals surface area (Å²) in [6, 6.07) is 0. The molecule has 2 aromatic rings. The monoisotopic (exact) mass is 370 g/mol. The molecule has 0 aliphatic carbocycles. The van der Waals surface area contributed by atoms with Gasteiger partial charge in [-0.25, -0.2) is 0 Å². The minimum absolute atomic E-state index is 0.0602. The normalized spacial score (nSPS) is 24.5. The molecule has 1 aliphatic heterocycles. The van der Waals surface area contributed by atoms with Crippen LogP contribution in [0.4, 0.5) is 5.95 Å². The van der Waals surface area contributed by atoms with Crippen molar-refractivity contribution in [1.29, 1.82) is 0 Å². The van der Waals surface area contributed by atoms with Crippen LogP contribution in [-0.4, -0.2) is 43.9 Å². The number of aromatic amines is 1. The summed E-state index contributed by atoms with van der Waals surface area (Å²) in [5, 5.41) is 10.1. The van der Waals surface area contributed by atoms with Crippen molar-refractivity contribution in [2.45, 2.75) is 51.2 Å². The first-order valence-corrected chi connectivity index (χ1v) is 8.55. The van der Waals surface area contributed by atoms with E-state index in [0.29, 0.717) is 17.8 Å². The number of nitrogen functional groups attached to an aromatic ring is 1. The van der Waals surface area contributed by atoms with Gasteiger partial charge in [0.05, 0.1) is 12.2 Å². The molecule has 3 heterocycles. The number of rotatable bonds is 4. The van der Waals surface area contributed by atoms with Gasteiger partial charge in [0.2, 0.25) is 5.95 Å². The lowest BCUT2D eigenvalue weighted by atomic mass is 10.1. The quantitative estimate of drug-likeness (QED) is 0.622. The number of anilines is 1. The number of nitrogens with two attached hydrogens (primary N) is 1. The van der Waals surface area contributed by atoms with Gasteiger partial charge < -0.3 is 20.3 Å². The lowest BCUT2D eigenvalue weighted by Crippen LogP contribution is -2.30. The number of nitrogens with zero attached hydrogens (tertiary/aromatic N) is 2. The molecule has 0 spiro atoms. The van der Waals surface area contributed by atoms with Crippen LogP contribution in [0.15, 0.2) is 9.59 Å². The summed E-state index contributed by atoms with van der Waals surface area (Å²) in [7, 11) is 0. The third-order valence-electron chi connectivity index (χ3n) is 4.01. The summed E-state index contributed by atoms with van der Waals surface area (Å²) >= 11 is 0.700. The maximum Gasteiger partial charge on any atom is 0.311 e. The molecule has 136 valence electrons. The zero-order valence-corrected chi connectivity index (χ0v) is 14.4. The molecule has 10 nitrogen and oxygen atoms in total. The van der Waals surface area contributed by atoms with Gasteiger partial charge in [-0.2, -0.15) is 4.98 Å². The van der Waals surface area contributed by atoms with Gasteiger partial charge in [0, 0.05) is 13.3 Å². The second kappa shape index (κ2) is 6.58. The van der Waals surface area contributed by atoms with Crippen LogP contribution in [0.3, 0.4) is 0 Å². The number of aliphatic hydroxyl groups excluding tert-OH is 1. The first-order valence-electron chi connectivity index (χ1n) is 7.73. The molecule has 4 atom stereocenters. The fraction of sp³-hybridized carbons (Fsp3) is 0.571. The number of carbonyl (C=O) groups is 1. The first-order chi connectivity index (χ1) is 11.8. The molecule has 2 aromatic heterocycles. The molecule has 1 fully saturated rings. The van der Waals surface area contributed by atoms with Crippen LogP contribution in [0.5, 0.6) is 0 Å². The highest BCUT2D eigenvalue weighted by Gasteiger charge is 2.43. The number of hydrogen-bond acceptors (Lipinski definition) is 9. The molecule has 1 unspecified atom stereocenters. The van der Waals surface area contributed by atoms with E-state index in [1.807, 2.05) is 0 Å². The number of H-pyrrole nitrogens is 1. The topological polar surface area (TPSA) is 150 Å². The smallest absolute Gasteiger partial charge is 0.311 e. The first kappa shape index (κ1) is 17.6. The van der Waals surface area contributed by atoms with E-state index in [1.165, 1.54) is 6.92 Å². The molecule has 25 heavy (non-hydrogen) atoms. The molecule has 11 heteroatoms. The van der Waals surface area contributed by atoms with Gasteiger partial charge in [-0.15, -0.1) is 0 Å². The van der Waals surface area contributed by atoms with E-state index in [1.54, 1.807) is 6.92 Å². The van der Waals surface area contributed by atoms with Crippen LogP contribution in [0, 0.1) is 0 Å². The van der Waals surface area contributed by atoms with Gasteiger partial charge in [0.25, 0.3) is 5.56 Å². The average Bonchev–Trinajstić information content (AvgIpc) is 3.06. The zero-order chi connectivity index (χ0) is 18.3. The van der Waals surface area contributed by atoms with Crippen molar-refractivity contribution in [2.24, 2.45) is 0 Å². The molecule has 1 saturated heterocycles. The number of hydrogen-bond donors (Lipinski definition) is 3. The van der Waals surface area contributed by atoms with Crippen molar-refractivity contribution >= 4 is 33.6 Å². The predicted octanol–water partition coefficient (Wildman–Crippen LogP) is -0.281. The Balaban J connectivity index is 2.10. The average molecular weight is 370 g/mol. The Labute approximate surface area is 145 Å². The summed E-state index contributed by atoms with van der Waals surface area (Å²) in [5.74, 6) is -0.681.